The molecule has 1 fully saturated rings. The van der Waals surface area contributed by atoms with E-state index in [1.165, 1.54) is 0 Å². The van der Waals surface area contributed by atoms with Gasteiger partial charge in [0.15, 0.2) is 0 Å². The number of aromatic nitrogens is 2. The molecule has 1 saturated heterocycles. The van der Waals surface area contributed by atoms with Gasteiger partial charge in [0.25, 0.3) is 0 Å². The topological polar surface area (TPSA) is 75.4 Å². The van der Waals surface area contributed by atoms with E-state index in [1.54, 1.807) is 18.3 Å². The predicted molar refractivity (Wildman–Crippen MR) is 88.9 cm³/mol. The Morgan fingerprint density at radius 1 is 1.29 bits per heavy atom. The van der Waals surface area contributed by atoms with Gasteiger partial charge in [-0.05, 0) is 37.5 Å². The molecule has 0 saturated carbocycles. The predicted octanol–water partition coefficient (Wildman–Crippen LogP) is 2.30. The lowest BCUT2D eigenvalue weighted by Gasteiger charge is -2.33. The van der Waals surface area contributed by atoms with Crippen molar-refractivity contribution in [3.63, 3.8) is 0 Å². The first kappa shape index (κ1) is 16.2. The molecular weight excluding hydrogens is 306 g/mol. The van der Waals surface area contributed by atoms with Gasteiger partial charge in [-0.15, -0.1) is 0 Å². The molecule has 2 aromatic rings. The Labute approximate surface area is 140 Å². The van der Waals surface area contributed by atoms with E-state index in [0.717, 1.165) is 30.8 Å². The Bertz CT molecular complexity index is 736. The van der Waals surface area contributed by atoms with E-state index in [9.17, 15) is 9.59 Å². The number of carboxylic acids is 1. The number of benzene rings is 1. The molecule has 1 aromatic heterocycles. The molecule has 24 heavy (non-hydrogen) atoms. The van der Waals surface area contributed by atoms with Crippen molar-refractivity contribution >= 4 is 11.9 Å². The lowest BCUT2D eigenvalue weighted by molar-refractivity contribution is -0.133. The summed E-state index contributed by atoms with van der Waals surface area (Å²) in [6, 6.07) is 6.99. The van der Waals surface area contributed by atoms with E-state index in [4.69, 9.17) is 5.11 Å². The summed E-state index contributed by atoms with van der Waals surface area (Å²) in [5.74, 6) is 0.274. The molecule has 1 atom stereocenters. The summed E-state index contributed by atoms with van der Waals surface area (Å²) in [5.41, 5.74) is 1.38. The molecule has 0 bridgehead atoms. The quantitative estimate of drug-likeness (QED) is 0.935. The molecule has 0 unspecified atom stereocenters. The average Bonchev–Trinajstić information content (AvgIpc) is 3.00. The minimum absolute atomic E-state index is 0.1000. The number of hydrogen-bond donors (Lipinski definition) is 1. The second-order valence-electron chi connectivity index (χ2n) is 6.21. The first-order valence-electron chi connectivity index (χ1n) is 8.13. The van der Waals surface area contributed by atoms with Gasteiger partial charge in [0.1, 0.15) is 12.4 Å². The number of likely N-dealkylation sites (tertiary alicyclic amines) is 1. The summed E-state index contributed by atoms with van der Waals surface area (Å²) in [5, 5.41) is 8.99. The zero-order valence-electron chi connectivity index (χ0n) is 13.7. The molecule has 3 rings (SSSR count). The highest BCUT2D eigenvalue weighted by atomic mass is 16.4. The zero-order chi connectivity index (χ0) is 17.1. The third-order valence-electron chi connectivity index (χ3n) is 4.63. The minimum Gasteiger partial charge on any atom is -0.478 e. The molecule has 126 valence electrons. The maximum absolute atomic E-state index is 12.5. The van der Waals surface area contributed by atoms with Crippen molar-refractivity contribution in [3.8, 4) is 0 Å². The van der Waals surface area contributed by atoms with Crippen molar-refractivity contribution in [2.75, 3.05) is 13.1 Å². The summed E-state index contributed by atoms with van der Waals surface area (Å²) in [6.45, 7) is 3.65. The highest BCUT2D eigenvalue weighted by Gasteiger charge is 2.25. The Morgan fingerprint density at radius 3 is 2.67 bits per heavy atom. The van der Waals surface area contributed by atoms with Gasteiger partial charge in [-0.3, -0.25) is 4.79 Å². The van der Waals surface area contributed by atoms with Crippen molar-refractivity contribution < 1.29 is 14.7 Å². The first-order chi connectivity index (χ1) is 11.5. The molecule has 6 heteroatoms. The van der Waals surface area contributed by atoms with Gasteiger partial charge in [-0.25, -0.2) is 9.78 Å². The van der Waals surface area contributed by atoms with Crippen LogP contribution in [0.5, 0.6) is 0 Å². The smallest absolute Gasteiger partial charge is 0.335 e. The normalized spacial score (nSPS) is 17.7. The number of carbonyl (C=O) groups excluding carboxylic acids is 1. The SMILES string of the molecule is Cc1nccn1CC(=O)N1CCC[C@@H](c2ccc(C(=O)O)cc2)C1. The standard InChI is InChI=1S/C18H21N3O3/c1-13-19-8-10-20(13)12-17(22)21-9-2-3-16(11-21)14-4-6-15(7-5-14)18(23)24/h4-8,10,16H,2-3,9,11-12H2,1H3,(H,23,24)/t16-/m1/s1. The van der Waals surface area contributed by atoms with Crippen LogP contribution in [-0.4, -0.2) is 44.5 Å². The number of rotatable bonds is 4. The van der Waals surface area contributed by atoms with Crippen molar-refractivity contribution in [3.05, 3.63) is 53.6 Å². The maximum Gasteiger partial charge on any atom is 0.335 e. The molecule has 1 N–H and O–H groups in total. The molecule has 6 nitrogen and oxygen atoms in total. The Kier molecular flexibility index (Phi) is 4.64. The summed E-state index contributed by atoms with van der Waals surface area (Å²) in [7, 11) is 0. The molecule has 1 amide bonds. The summed E-state index contributed by atoms with van der Waals surface area (Å²) in [4.78, 5) is 29.5. The second-order valence-corrected chi connectivity index (χ2v) is 6.21. The van der Waals surface area contributed by atoms with E-state index in [0.29, 0.717) is 13.1 Å². The average molecular weight is 327 g/mol. The van der Waals surface area contributed by atoms with Gasteiger partial charge in [-0.1, -0.05) is 12.1 Å². The van der Waals surface area contributed by atoms with Crippen LogP contribution in [0.1, 0.15) is 40.5 Å². The van der Waals surface area contributed by atoms with Gasteiger partial charge in [0, 0.05) is 31.4 Å². The van der Waals surface area contributed by atoms with Crippen LogP contribution >= 0.6 is 0 Å². The number of nitrogens with zero attached hydrogens (tertiary/aromatic N) is 3. The highest BCUT2D eigenvalue weighted by molar-refractivity contribution is 5.87. The first-order valence-corrected chi connectivity index (χ1v) is 8.13. The van der Waals surface area contributed by atoms with Crippen LogP contribution in [-0.2, 0) is 11.3 Å². The number of aryl methyl sites for hydroxylation is 1. The highest BCUT2D eigenvalue weighted by Crippen LogP contribution is 2.27. The lowest BCUT2D eigenvalue weighted by Crippen LogP contribution is -2.40. The molecule has 0 aliphatic carbocycles. The summed E-state index contributed by atoms with van der Waals surface area (Å²) in [6.07, 6.45) is 5.49. The minimum atomic E-state index is -0.919. The molecule has 0 spiro atoms. The zero-order valence-corrected chi connectivity index (χ0v) is 13.7. The maximum atomic E-state index is 12.5. The summed E-state index contributed by atoms with van der Waals surface area (Å²) < 4.78 is 1.85. The van der Waals surface area contributed by atoms with Gasteiger partial charge >= 0.3 is 5.97 Å². The van der Waals surface area contributed by atoms with Crippen LogP contribution in [0.25, 0.3) is 0 Å². The van der Waals surface area contributed by atoms with Crippen molar-refractivity contribution in [2.45, 2.75) is 32.2 Å². The van der Waals surface area contributed by atoms with Gasteiger partial charge < -0.3 is 14.6 Å². The molecule has 1 aromatic carbocycles. The van der Waals surface area contributed by atoms with E-state index in [-0.39, 0.29) is 17.4 Å². The van der Waals surface area contributed by atoms with Crippen molar-refractivity contribution in [1.29, 1.82) is 0 Å². The van der Waals surface area contributed by atoms with E-state index in [1.807, 2.05) is 34.7 Å². The Balaban J connectivity index is 1.66. The fraction of sp³-hybridized carbons (Fsp3) is 0.389. The fourth-order valence-electron chi connectivity index (χ4n) is 3.19. The molecular formula is C18H21N3O3. The number of hydrogen-bond acceptors (Lipinski definition) is 3. The number of carbonyl (C=O) groups is 2. The van der Waals surface area contributed by atoms with E-state index in [2.05, 4.69) is 4.98 Å². The van der Waals surface area contributed by atoms with Gasteiger partial charge in [0.2, 0.25) is 5.91 Å². The van der Waals surface area contributed by atoms with Crippen LogP contribution in [0.2, 0.25) is 0 Å². The number of piperidine rings is 1. The molecule has 0 radical (unpaired) electrons. The van der Waals surface area contributed by atoms with Crippen LogP contribution < -0.4 is 0 Å². The number of carboxylic acid groups (broad SMARTS) is 1. The largest absolute Gasteiger partial charge is 0.478 e. The molecule has 2 heterocycles. The third kappa shape index (κ3) is 3.48. The Hall–Kier alpha value is -2.63. The van der Waals surface area contributed by atoms with Crippen LogP contribution in [0.3, 0.4) is 0 Å². The lowest BCUT2D eigenvalue weighted by atomic mass is 9.90. The molecule has 1 aliphatic heterocycles. The Morgan fingerprint density at radius 2 is 2.04 bits per heavy atom. The monoisotopic (exact) mass is 327 g/mol. The number of imidazole rings is 1. The number of aromatic carboxylic acids is 1. The van der Waals surface area contributed by atoms with Crippen LogP contribution in [0, 0.1) is 6.92 Å². The van der Waals surface area contributed by atoms with Crippen LogP contribution in [0.4, 0.5) is 0 Å². The summed E-state index contributed by atoms with van der Waals surface area (Å²) >= 11 is 0. The van der Waals surface area contributed by atoms with Gasteiger partial charge in [0.05, 0.1) is 5.56 Å². The van der Waals surface area contributed by atoms with E-state index < -0.39 is 5.97 Å². The second kappa shape index (κ2) is 6.86. The van der Waals surface area contributed by atoms with Crippen molar-refractivity contribution in [1.82, 2.24) is 14.5 Å². The van der Waals surface area contributed by atoms with Crippen molar-refractivity contribution in [2.24, 2.45) is 0 Å². The third-order valence-corrected chi connectivity index (χ3v) is 4.63. The number of amides is 1. The van der Waals surface area contributed by atoms with Crippen LogP contribution in [0.15, 0.2) is 36.7 Å². The fourth-order valence-corrected chi connectivity index (χ4v) is 3.19. The van der Waals surface area contributed by atoms with Gasteiger partial charge in [-0.2, -0.15) is 0 Å². The molecule has 1 aliphatic rings. The van der Waals surface area contributed by atoms with E-state index >= 15 is 0 Å².